The van der Waals surface area contributed by atoms with E-state index >= 15 is 0 Å². The smallest absolute Gasteiger partial charge is 0.416 e. The second-order valence-electron chi connectivity index (χ2n) is 6.67. The Balaban J connectivity index is 1.54. The van der Waals surface area contributed by atoms with E-state index in [1.807, 2.05) is 60.7 Å². The largest absolute Gasteiger partial charge is 0.447 e. The van der Waals surface area contributed by atoms with E-state index in [4.69, 9.17) is 10.5 Å². The molecule has 0 spiro atoms. The van der Waals surface area contributed by atoms with E-state index in [-0.39, 0.29) is 31.0 Å². The average Bonchev–Trinajstić information content (AvgIpc) is 3.02. The number of nitrogens with zero attached hydrogens (tertiary/aromatic N) is 1. The van der Waals surface area contributed by atoms with Gasteiger partial charge in [0.25, 0.3) is 0 Å². The third-order valence-electron chi connectivity index (χ3n) is 4.61. The molecule has 0 bridgehead atoms. The van der Waals surface area contributed by atoms with Gasteiger partial charge in [-0.25, -0.2) is 9.69 Å². The third kappa shape index (κ3) is 4.70. The van der Waals surface area contributed by atoms with Crippen molar-refractivity contribution >= 4 is 12.0 Å². The van der Waals surface area contributed by atoms with Crippen LogP contribution in [0.5, 0.6) is 0 Å². The number of nitrogens with two attached hydrogens (primary N) is 1. The quantitative estimate of drug-likeness (QED) is 0.831. The van der Waals surface area contributed by atoms with Gasteiger partial charge in [0, 0.05) is 12.5 Å². The van der Waals surface area contributed by atoms with Gasteiger partial charge in [-0.1, -0.05) is 60.7 Å². The highest BCUT2D eigenvalue weighted by Crippen LogP contribution is 2.19. The minimum atomic E-state index is -0.549. The van der Waals surface area contributed by atoms with E-state index < -0.39 is 6.09 Å². The molecule has 0 aliphatic carbocycles. The first-order chi connectivity index (χ1) is 12.6. The summed E-state index contributed by atoms with van der Waals surface area (Å²) >= 11 is 0. The van der Waals surface area contributed by atoms with Crippen molar-refractivity contribution in [3.63, 3.8) is 0 Å². The summed E-state index contributed by atoms with van der Waals surface area (Å²) in [6.45, 7) is 0.246. The van der Waals surface area contributed by atoms with Gasteiger partial charge in [-0.3, -0.25) is 4.79 Å². The zero-order valence-electron chi connectivity index (χ0n) is 14.7. The molecule has 1 aliphatic heterocycles. The second-order valence-corrected chi connectivity index (χ2v) is 6.67. The van der Waals surface area contributed by atoms with Crippen LogP contribution in [0.3, 0.4) is 0 Å². The fourth-order valence-corrected chi connectivity index (χ4v) is 3.25. The molecule has 1 aliphatic rings. The minimum Gasteiger partial charge on any atom is -0.447 e. The van der Waals surface area contributed by atoms with Gasteiger partial charge in [0.15, 0.2) is 0 Å². The van der Waals surface area contributed by atoms with Crippen LogP contribution in [0.1, 0.15) is 24.0 Å². The van der Waals surface area contributed by atoms with Crippen LogP contribution in [-0.2, 0) is 22.4 Å². The van der Waals surface area contributed by atoms with Gasteiger partial charge >= 0.3 is 6.09 Å². The minimum absolute atomic E-state index is 0.118. The lowest BCUT2D eigenvalue weighted by Gasteiger charge is -2.20. The van der Waals surface area contributed by atoms with Crippen molar-refractivity contribution in [2.75, 3.05) is 6.61 Å². The second kappa shape index (κ2) is 8.63. The van der Waals surface area contributed by atoms with Crippen LogP contribution in [0.25, 0.3) is 0 Å². The van der Waals surface area contributed by atoms with E-state index in [0.29, 0.717) is 19.3 Å². The summed E-state index contributed by atoms with van der Waals surface area (Å²) in [6, 6.07) is 19.4. The molecule has 2 aromatic carbocycles. The molecule has 0 radical (unpaired) electrons. The molecule has 26 heavy (non-hydrogen) atoms. The summed E-state index contributed by atoms with van der Waals surface area (Å²) < 4.78 is 5.11. The maximum absolute atomic E-state index is 12.6. The molecule has 2 amide bonds. The highest BCUT2D eigenvalue weighted by Gasteiger charge is 2.37. The van der Waals surface area contributed by atoms with Crippen LogP contribution in [0.2, 0.25) is 0 Å². The average molecular weight is 352 g/mol. The fraction of sp³-hybridized carbons (Fsp3) is 0.333. The molecule has 0 saturated carbocycles. The molecular weight excluding hydrogens is 328 g/mol. The van der Waals surface area contributed by atoms with Gasteiger partial charge in [-0.2, -0.15) is 0 Å². The first-order valence-electron chi connectivity index (χ1n) is 8.95. The van der Waals surface area contributed by atoms with Crippen LogP contribution < -0.4 is 5.73 Å². The summed E-state index contributed by atoms with van der Waals surface area (Å²) in [5, 5.41) is 0. The predicted molar refractivity (Wildman–Crippen MR) is 99.5 cm³/mol. The molecule has 5 heteroatoms. The highest BCUT2D eigenvalue weighted by atomic mass is 16.6. The molecule has 5 nitrogen and oxygen atoms in total. The highest BCUT2D eigenvalue weighted by molar-refractivity contribution is 5.93. The molecule has 3 rings (SSSR count). The Hall–Kier alpha value is -2.66. The Bertz CT molecular complexity index is 733. The maximum atomic E-state index is 12.6. The summed E-state index contributed by atoms with van der Waals surface area (Å²) in [5.74, 6) is -0.211. The summed E-state index contributed by atoms with van der Waals surface area (Å²) in [5.41, 5.74) is 8.38. The molecule has 2 atom stereocenters. The predicted octanol–water partition coefficient (Wildman–Crippen LogP) is 2.93. The summed E-state index contributed by atoms with van der Waals surface area (Å²) in [7, 11) is 0. The molecular formula is C21H24N2O3. The molecule has 1 saturated heterocycles. The van der Waals surface area contributed by atoms with E-state index in [1.54, 1.807) is 0 Å². The van der Waals surface area contributed by atoms with Crippen LogP contribution >= 0.6 is 0 Å². The van der Waals surface area contributed by atoms with E-state index in [2.05, 4.69) is 0 Å². The Morgan fingerprint density at radius 3 is 2.35 bits per heavy atom. The van der Waals surface area contributed by atoms with Crippen molar-refractivity contribution < 1.29 is 14.3 Å². The summed E-state index contributed by atoms with van der Waals surface area (Å²) in [6.07, 6.45) is 1.55. The standard InChI is InChI=1S/C21H24N2O3/c22-18(13-16-7-3-1-4-8-16)11-12-20(24)23-19(15-26-21(23)25)14-17-9-5-2-6-10-17/h1-10,18-19H,11-15,22H2. The number of imide groups is 1. The van der Waals surface area contributed by atoms with Crippen molar-refractivity contribution in [2.24, 2.45) is 5.73 Å². The Labute approximate surface area is 153 Å². The van der Waals surface area contributed by atoms with Gasteiger partial charge in [0.1, 0.15) is 6.61 Å². The van der Waals surface area contributed by atoms with Gasteiger partial charge < -0.3 is 10.5 Å². The number of rotatable bonds is 7. The lowest BCUT2D eigenvalue weighted by atomic mass is 10.0. The Morgan fingerprint density at radius 1 is 1.08 bits per heavy atom. The summed E-state index contributed by atoms with van der Waals surface area (Å²) in [4.78, 5) is 25.9. The number of carbonyl (C=O) groups excluding carboxylic acids is 2. The van der Waals surface area contributed by atoms with Crippen LogP contribution in [-0.4, -0.2) is 35.6 Å². The first kappa shape index (κ1) is 18.1. The van der Waals surface area contributed by atoms with Crippen molar-refractivity contribution in [1.29, 1.82) is 0 Å². The first-order valence-corrected chi connectivity index (χ1v) is 8.95. The number of cyclic esters (lactones) is 1. The Kier molecular flexibility index (Phi) is 6.02. The van der Waals surface area contributed by atoms with Crippen molar-refractivity contribution in [3.8, 4) is 0 Å². The van der Waals surface area contributed by atoms with Crippen molar-refractivity contribution in [3.05, 3.63) is 71.8 Å². The number of amides is 2. The zero-order valence-corrected chi connectivity index (χ0v) is 14.7. The molecule has 2 aromatic rings. The SMILES string of the molecule is NC(CCC(=O)N1C(=O)OCC1Cc1ccccc1)Cc1ccccc1. The molecule has 2 unspecified atom stereocenters. The lowest BCUT2D eigenvalue weighted by Crippen LogP contribution is -2.40. The van der Waals surface area contributed by atoms with Gasteiger partial charge in [-0.15, -0.1) is 0 Å². The zero-order chi connectivity index (χ0) is 18.4. The number of carbonyl (C=O) groups is 2. The van der Waals surface area contributed by atoms with Crippen LogP contribution in [0, 0.1) is 0 Å². The molecule has 1 fully saturated rings. The van der Waals surface area contributed by atoms with Gasteiger partial charge in [0.2, 0.25) is 5.91 Å². The van der Waals surface area contributed by atoms with E-state index in [1.165, 1.54) is 4.90 Å². The van der Waals surface area contributed by atoms with E-state index in [9.17, 15) is 9.59 Å². The van der Waals surface area contributed by atoms with Crippen LogP contribution in [0.4, 0.5) is 4.79 Å². The Morgan fingerprint density at radius 2 is 1.69 bits per heavy atom. The van der Waals surface area contributed by atoms with Gasteiger partial charge in [-0.05, 0) is 30.4 Å². The normalized spacial score (nSPS) is 17.8. The van der Waals surface area contributed by atoms with E-state index in [0.717, 1.165) is 11.1 Å². The fourth-order valence-electron chi connectivity index (χ4n) is 3.25. The van der Waals surface area contributed by atoms with Crippen molar-refractivity contribution in [1.82, 2.24) is 4.90 Å². The maximum Gasteiger partial charge on any atom is 0.416 e. The monoisotopic (exact) mass is 352 g/mol. The topological polar surface area (TPSA) is 72.6 Å². The number of ether oxygens (including phenoxy) is 1. The molecule has 0 aromatic heterocycles. The molecule has 1 heterocycles. The molecule has 136 valence electrons. The third-order valence-corrected chi connectivity index (χ3v) is 4.61. The number of hydrogen-bond acceptors (Lipinski definition) is 4. The van der Waals surface area contributed by atoms with Crippen molar-refractivity contribution in [2.45, 2.75) is 37.8 Å². The number of benzene rings is 2. The molecule has 2 N–H and O–H groups in total. The lowest BCUT2D eigenvalue weighted by molar-refractivity contribution is -0.129. The number of hydrogen-bond donors (Lipinski definition) is 1. The van der Waals surface area contributed by atoms with Crippen LogP contribution in [0.15, 0.2) is 60.7 Å². The van der Waals surface area contributed by atoms with Gasteiger partial charge in [0.05, 0.1) is 6.04 Å².